The van der Waals surface area contributed by atoms with E-state index in [1.165, 1.54) is 8.94 Å². The van der Waals surface area contributed by atoms with Gasteiger partial charge in [-0.15, -0.1) is 14.8 Å². The smallest absolute Gasteiger partial charge is 0.243 e. The summed E-state index contributed by atoms with van der Waals surface area (Å²) in [6.07, 6.45) is 0. The standard InChI is InChI=1S/C18H17N7O2S/c26-28(27,16-6-5-14-3-1-2-4-15(14)13-16)24-11-9-23(10-12-24)18-8-7-17-19-21-22-25(17)20-18/h1-8,13H,9-12H2. The fraction of sp³-hybridized carbons (Fsp3) is 0.222. The Morgan fingerprint density at radius 3 is 2.46 bits per heavy atom. The summed E-state index contributed by atoms with van der Waals surface area (Å²) < 4.78 is 29.1. The number of hydrogen-bond acceptors (Lipinski definition) is 7. The number of fused-ring (bicyclic) bond motifs is 2. The predicted molar refractivity (Wildman–Crippen MR) is 103 cm³/mol. The summed E-state index contributed by atoms with van der Waals surface area (Å²) in [5.41, 5.74) is 0.571. The van der Waals surface area contributed by atoms with Crippen molar-refractivity contribution in [2.24, 2.45) is 0 Å². The van der Waals surface area contributed by atoms with Crippen LogP contribution in [0.3, 0.4) is 0 Å². The van der Waals surface area contributed by atoms with Gasteiger partial charge < -0.3 is 4.90 Å². The number of sulfonamides is 1. The number of hydrogen-bond donors (Lipinski definition) is 0. The second kappa shape index (κ2) is 6.50. The van der Waals surface area contributed by atoms with Crippen LogP contribution in [0.2, 0.25) is 0 Å². The van der Waals surface area contributed by atoms with Crippen LogP contribution in [-0.4, -0.2) is 64.2 Å². The van der Waals surface area contributed by atoms with Crippen molar-refractivity contribution in [2.45, 2.75) is 4.90 Å². The number of nitrogens with zero attached hydrogens (tertiary/aromatic N) is 7. The van der Waals surface area contributed by atoms with Gasteiger partial charge in [-0.25, -0.2) is 8.42 Å². The first-order valence-corrected chi connectivity index (χ1v) is 10.3. The Kier molecular flexibility index (Phi) is 3.95. The quantitative estimate of drug-likeness (QED) is 0.514. The van der Waals surface area contributed by atoms with Crippen LogP contribution >= 0.6 is 0 Å². The van der Waals surface area contributed by atoms with Gasteiger partial charge in [0.05, 0.1) is 4.90 Å². The monoisotopic (exact) mass is 395 g/mol. The molecule has 142 valence electrons. The van der Waals surface area contributed by atoms with Gasteiger partial charge in [0.2, 0.25) is 10.0 Å². The molecule has 0 saturated carbocycles. The molecule has 0 radical (unpaired) electrons. The zero-order valence-electron chi connectivity index (χ0n) is 14.9. The number of anilines is 1. The molecule has 2 aromatic heterocycles. The minimum atomic E-state index is -3.54. The van der Waals surface area contributed by atoms with Crippen molar-refractivity contribution < 1.29 is 8.42 Å². The number of benzene rings is 2. The van der Waals surface area contributed by atoms with Gasteiger partial charge in [0, 0.05) is 26.2 Å². The van der Waals surface area contributed by atoms with E-state index in [2.05, 4.69) is 20.6 Å². The van der Waals surface area contributed by atoms with E-state index in [0.29, 0.717) is 36.7 Å². The van der Waals surface area contributed by atoms with Crippen molar-refractivity contribution in [1.29, 1.82) is 0 Å². The second-order valence-corrected chi connectivity index (χ2v) is 8.56. The van der Waals surface area contributed by atoms with Crippen molar-refractivity contribution in [3.05, 3.63) is 54.6 Å². The molecule has 0 atom stereocenters. The lowest BCUT2D eigenvalue weighted by atomic mass is 10.1. The van der Waals surface area contributed by atoms with Gasteiger partial charge in [0.15, 0.2) is 11.5 Å². The zero-order valence-corrected chi connectivity index (χ0v) is 15.7. The molecule has 4 aromatic rings. The van der Waals surface area contributed by atoms with E-state index >= 15 is 0 Å². The molecule has 0 amide bonds. The SMILES string of the molecule is O=S(=O)(c1ccc2ccccc2c1)N1CCN(c2ccc3nnnn3n2)CC1. The van der Waals surface area contributed by atoms with Crippen molar-refractivity contribution in [3.63, 3.8) is 0 Å². The zero-order chi connectivity index (χ0) is 19.1. The molecule has 5 rings (SSSR count). The molecule has 1 aliphatic heterocycles. The van der Waals surface area contributed by atoms with E-state index < -0.39 is 10.0 Å². The molecule has 28 heavy (non-hydrogen) atoms. The largest absolute Gasteiger partial charge is 0.352 e. The molecule has 0 N–H and O–H groups in total. The van der Waals surface area contributed by atoms with Crippen molar-refractivity contribution >= 4 is 32.3 Å². The lowest BCUT2D eigenvalue weighted by molar-refractivity contribution is 0.383. The van der Waals surface area contributed by atoms with Crippen LogP contribution in [0.1, 0.15) is 0 Å². The molecular weight excluding hydrogens is 378 g/mol. The Hall–Kier alpha value is -3.11. The first-order chi connectivity index (χ1) is 13.6. The van der Waals surface area contributed by atoms with Gasteiger partial charge in [0.25, 0.3) is 0 Å². The topological polar surface area (TPSA) is 96.6 Å². The number of aromatic nitrogens is 5. The Labute approximate surface area is 161 Å². The van der Waals surface area contributed by atoms with Gasteiger partial charge in [-0.05, 0) is 45.5 Å². The highest BCUT2D eigenvalue weighted by Crippen LogP contribution is 2.23. The van der Waals surface area contributed by atoms with E-state index in [9.17, 15) is 8.42 Å². The molecule has 10 heteroatoms. The van der Waals surface area contributed by atoms with Gasteiger partial charge in [-0.1, -0.05) is 30.3 Å². The van der Waals surface area contributed by atoms with Crippen molar-refractivity contribution in [3.8, 4) is 0 Å². The van der Waals surface area contributed by atoms with Gasteiger partial charge in [0.1, 0.15) is 0 Å². The van der Waals surface area contributed by atoms with Crippen LogP contribution in [0.5, 0.6) is 0 Å². The first-order valence-electron chi connectivity index (χ1n) is 8.91. The van der Waals surface area contributed by atoms with Crippen molar-refractivity contribution in [1.82, 2.24) is 29.6 Å². The average Bonchev–Trinajstić information content (AvgIpc) is 3.21. The van der Waals surface area contributed by atoms with Gasteiger partial charge in [-0.3, -0.25) is 0 Å². The number of piperazine rings is 1. The fourth-order valence-corrected chi connectivity index (χ4v) is 4.90. The summed E-state index contributed by atoms with van der Waals surface area (Å²) in [4.78, 5) is 2.36. The maximum Gasteiger partial charge on any atom is 0.243 e. The molecule has 0 aliphatic carbocycles. The number of tetrazole rings is 1. The third-order valence-corrected chi connectivity index (χ3v) is 6.87. The number of rotatable bonds is 3. The summed E-state index contributed by atoms with van der Waals surface area (Å²) in [5, 5.41) is 17.5. The Bertz CT molecular complexity index is 1260. The molecule has 0 unspecified atom stereocenters. The van der Waals surface area contributed by atoms with Crippen LogP contribution in [0.4, 0.5) is 5.82 Å². The highest BCUT2D eigenvalue weighted by atomic mass is 32.2. The fourth-order valence-electron chi connectivity index (χ4n) is 3.44. The first kappa shape index (κ1) is 17.0. The van der Waals surface area contributed by atoms with E-state index in [1.807, 2.05) is 41.3 Å². The summed E-state index contributed by atoms with van der Waals surface area (Å²) in [6, 6.07) is 16.7. The third-order valence-electron chi connectivity index (χ3n) is 4.98. The van der Waals surface area contributed by atoms with E-state index in [-0.39, 0.29) is 0 Å². The Morgan fingerprint density at radius 1 is 0.857 bits per heavy atom. The Balaban J connectivity index is 1.36. The third kappa shape index (κ3) is 2.86. The summed E-state index contributed by atoms with van der Waals surface area (Å²) in [6.45, 7) is 1.88. The van der Waals surface area contributed by atoms with Gasteiger partial charge in [-0.2, -0.15) is 4.31 Å². The average molecular weight is 395 g/mol. The molecule has 2 aromatic carbocycles. The molecule has 1 aliphatic rings. The molecular formula is C18H17N7O2S. The maximum absolute atomic E-state index is 13.1. The Morgan fingerprint density at radius 2 is 1.64 bits per heavy atom. The second-order valence-electron chi connectivity index (χ2n) is 6.62. The molecule has 3 heterocycles. The molecule has 9 nitrogen and oxygen atoms in total. The van der Waals surface area contributed by atoms with Crippen LogP contribution in [0.15, 0.2) is 59.5 Å². The maximum atomic E-state index is 13.1. The van der Waals surface area contributed by atoms with E-state index in [0.717, 1.165) is 16.6 Å². The minimum Gasteiger partial charge on any atom is -0.352 e. The normalized spacial score (nSPS) is 16.1. The van der Waals surface area contributed by atoms with Crippen LogP contribution < -0.4 is 4.90 Å². The molecule has 1 fully saturated rings. The van der Waals surface area contributed by atoms with E-state index in [1.54, 1.807) is 18.2 Å². The highest BCUT2D eigenvalue weighted by molar-refractivity contribution is 7.89. The molecule has 0 spiro atoms. The van der Waals surface area contributed by atoms with Crippen LogP contribution in [0.25, 0.3) is 16.4 Å². The lowest BCUT2D eigenvalue weighted by Crippen LogP contribution is -2.49. The van der Waals surface area contributed by atoms with E-state index in [4.69, 9.17) is 0 Å². The highest BCUT2D eigenvalue weighted by Gasteiger charge is 2.29. The molecule has 0 bridgehead atoms. The summed E-state index contributed by atoms with van der Waals surface area (Å²) in [5.74, 6) is 0.725. The minimum absolute atomic E-state index is 0.327. The molecule has 1 saturated heterocycles. The summed E-state index contributed by atoms with van der Waals surface area (Å²) >= 11 is 0. The summed E-state index contributed by atoms with van der Waals surface area (Å²) in [7, 11) is -3.54. The predicted octanol–water partition coefficient (Wildman–Crippen LogP) is 1.18. The lowest BCUT2D eigenvalue weighted by Gasteiger charge is -2.34. The van der Waals surface area contributed by atoms with Gasteiger partial charge >= 0.3 is 0 Å². The van der Waals surface area contributed by atoms with Crippen LogP contribution in [-0.2, 0) is 10.0 Å². The van der Waals surface area contributed by atoms with Crippen LogP contribution in [0, 0.1) is 0 Å². The van der Waals surface area contributed by atoms with Crippen molar-refractivity contribution in [2.75, 3.05) is 31.1 Å².